The molecule has 0 aliphatic rings. The molecule has 1 rings (SSSR count). The Bertz CT molecular complexity index is 213. The van der Waals surface area contributed by atoms with Gasteiger partial charge in [-0.2, -0.15) is 0 Å². The Hall–Kier alpha value is -0.0900. The molecule has 3 N–H and O–H groups in total. The first-order valence-corrected chi connectivity index (χ1v) is 4.10. The fourth-order valence-electron chi connectivity index (χ4n) is 0.653. The van der Waals surface area contributed by atoms with E-state index in [0.717, 1.165) is 4.88 Å². The summed E-state index contributed by atoms with van der Waals surface area (Å²) in [6.07, 6.45) is 0. The van der Waals surface area contributed by atoms with E-state index in [0.29, 0.717) is 5.02 Å². The van der Waals surface area contributed by atoms with Gasteiger partial charge < -0.3 is 10.8 Å². The molecule has 0 aliphatic carbocycles. The third-order valence-electron chi connectivity index (χ3n) is 1.18. The molecule has 1 atom stereocenters. The Morgan fingerprint density at radius 2 is 2.50 bits per heavy atom. The van der Waals surface area contributed by atoms with Crippen molar-refractivity contribution in [2.45, 2.75) is 6.04 Å². The SMILES string of the molecule is N[C@H](CO)c1sccc1Cl. The molecule has 0 radical (unpaired) electrons. The van der Waals surface area contributed by atoms with Gasteiger partial charge >= 0.3 is 0 Å². The highest BCUT2D eigenvalue weighted by Crippen LogP contribution is 2.26. The minimum atomic E-state index is -0.326. The lowest BCUT2D eigenvalue weighted by Crippen LogP contribution is -2.12. The molecule has 1 aromatic heterocycles. The largest absolute Gasteiger partial charge is 0.394 e. The molecule has 1 heterocycles. The summed E-state index contributed by atoms with van der Waals surface area (Å²) in [5.41, 5.74) is 5.52. The molecule has 0 saturated carbocycles. The van der Waals surface area contributed by atoms with Crippen LogP contribution in [0.2, 0.25) is 5.02 Å². The third kappa shape index (κ3) is 1.49. The molecule has 0 aromatic carbocycles. The van der Waals surface area contributed by atoms with E-state index in [4.69, 9.17) is 22.4 Å². The van der Waals surface area contributed by atoms with E-state index in [1.807, 2.05) is 5.38 Å². The van der Waals surface area contributed by atoms with E-state index in [-0.39, 0.29) is 12.6 Å². The van der Waals surface area contributed by atoms with Gasteiger partial charge in [0.2, 0.25) is 0 Å². The minimum Gasteiger partial charge on any atom is -0.394 e. The maximum atomic E-state index is 8.65. The normalized spacial score (nSPS) is 13.5. The first-order valence-electron chi connectivity index (χ1n) is 2.85. The molecule has 0 saturated heterocycles. The van der Waals surface area contributed by atoms with Crippen molar-refractivity contribution in [2.24, 2.45) is 5.73 Å². The topological polar surface area (TPSA) is 46.2 Å². The van der Waals surface area contributed by atoms with Crippen molar-refractivity contribution in [2.75, 3.05) is 6.61 Å². The highest BCUT2D eigenvalue weighted by atomic mass is 35.5. The molecule has 56 valence electrons. The van der Waals surface area contributed by atoms with Crippen molar-refractivity contribution in [1.82, 2.24) is 0 Å². The molecule has 0 unspecified atom stereocenters. The van der Waals surface area contributed by atoms with Crippen LogP contribution in [0.5, 0.6) is 0 Å². The maximum Gasteiger partial charge on any atom is 0.0639 e. The number of aliphatic hydroxyl groups is 1. The molecule has 0 aliphatic heterocycles. The Kier molecular flexibility index (Phi) is 2.68. The predicted octanol–water partition coefficient (Wildman–Crippen LogP) is 1.39. The van der Waals surface area contributed by atoms with Crippen LogP contribution in [0.25, 0.3) is 0 Å². The maximum absolute atomic E-state index is 8.65. The van der Waals surface area contributed by atoms with Crippen molar-refractivity contribution >= 4 is 22.9 Å². The summed E-state index contributed by atoms with van der Waals surface area (Å²) >= 11 is 7.20. The second-order valence-electron chi connectivity index (χ2n) is 1.92. The van der Waals surface area contributed by atoms with Crippen LogP contribution in [-0.4, -0.2) is 11.7 Å². The Morgan fingerprint density at radius 3 is 2.90 bits per heavy atom. The van der Waals surface area contributed by atoms with Crippen molar-refractivity contribution in [3.8, 4) is 0 Å². The molecule has 2 nitrogen and oxygen atoms in total. The van der Waals surface area contributed by atoms with Crippen LogP contribution in [0.15, 0.2) is 11.4 Å². The predicted molar refractivity (Wildman–Crippen MR) is 43.3 cm³/mol. The lowest BCUT2D eigenvalue weighted by Gasteiger charge is -2.04. The quantitative estimate of drug-likeness (QED) is 0.718. The van der Waals surface area contributed by atoms with Crippen molar-refractivity contribution in [3.05, 3.63) is 21.3 Å². The van der Waals surface area contributed by atoms with E-state index in [1.54, 1.807) is 6.07 Å². The van der Waals surface area contributed by atoms with Crippen LogP contribution >= 0.6 is 22.9 Å². The van der Waals surface area contributed by atoms with Gasteiger partial charge in [0, 0.05) is 4.88 Å². The Labute approximate surface area is 68.2 Å². The summed E-state index contributed by atoms with van der Waals surface area (Å²) in [5, 5.41) is 11.2. The monoisotopic (exact) mass is 177 g/mol. The third-order valence-corrected chi connectivity index (χ3v) is 2.67. The molecular weight excluding hydrogens is 170 g/mol. The zero-order valence-electron chi connectivity index (χ0n) is 5.25. The first kappa shape index (κ1) is 8.01. The summed E-state index contributed by atoms with van der Waals surface area (Å²) in [6, 6.07) is 1.45. The fraction of sp³-hybridized carbons (Fsp3) is 0.333. The summed E-state index contributed by atoms with van der Waals surface area (Å²) in [4.78, 5) is 0.851. The second-order valence-corrected chi connectivity index (χ2v) is 3.28. The van der Waals surface area contributed by atoms with Gasteiger partial charge in [-0.25, -0.2) is 0 Å². The molecular formula is C6H8ClNOS. The molecule has 0 bridgehead atoms. The van der Waals surface area contributed by atoms with E-state index < -0.39 is 0 Å². The van der Waals surface area contributed by atoms with Crippen LogP contribution in [0.4, 0.5) is 0 Å². The smallest absolute Gasteiger partial charge is 0.0639 e. The van der Waals surface area contributed by atoms with Gasteiger partial charge in [0.05, 0.1) is 17.7 Å². The average molecular weight is 178 g/mol. The zero-order valence-corrected chi connectivity index (χ0v) is 6.82. The molecule has 1 aromatic rings. The van der Waals surface area contributed by atoms with Crippen molar-refractivity contribution < 1.29 is 5.11 Å². The van der Waals surface area contributed by atoms with Crippen LogP contribution in [-0.2, 0) is 0 Å². The number of thiophene rings is 1. The number of hydrogen-bond donors (Lipinski definition) is 2. The highest BCUT2D eigenvalue weighted by molar-refractivity contribution is 7.10. The van der Waals surface area contributed by atoms with Gasteiger partial charge in [0.25, 0.3) is 0 Å². The highest BCUT2D eigenvalue weighted by Gasteiger charge is 2.09. The van der Waals surface area contributed by atoms with Crippen LogP contribution in [0.1, 0.15) is 10.9 Å². The van der Waals surface area contributed by atoms with E-state index in [9.17, 15) is 0 Å². The number of halogens is 1. The molecule has 0 amide bonds. The van der Waals surface area contributed by atoms with Gasteiger partial charge in [-0.1, -0.05) is 11.6 Å². The van der Waals surface area contributed by atoms with E-state index in [2.05, 4.69) is 0 Å². The lowest BCUT2D eigenvalue weighted by atomic mass is 10.3. The van der Waals surface area contributed by atoms with Crippen molar-refractivity contribution in [3.63, 3.8) is 0 Å². The molecule has 0 spiro atoms. The number of aliphatic hydroxyl groups excluding tert-OH is 1. The van der Waals surface area contributed by atoms with Gasteiger partial charge in [-0.15, -0.1) is 11.3 Å². The van der Waals surface area contributed by atoms with E-state index >= 15 is 0 Å². The fourth-order valence-corrected chi connectivity index (χ4v) is 1.85. The Morgan fingerprint density at radius 1 is 1.80 bits per heavy atom. The van der Waals surface area contributed by atoms with Crippen LogP contribution in [0.3, 0.4) is 0 Å². The number of hydrogen-bond acceptors (Lipinski definition) is 3. The minimum absolute atomic E-state index is 0.0553. The molecule has 0 fully saturated rings. The first-order chi connectivity index (χ1) is 4.75. The average Bonchev–Trinajstić information content (AvgIpc) is 2.34. The van der Waals surface area contributed by atoms with Gasteiger partial charge in [0.1, 0.15) is 0 Å². The van der Waals surface area contributed by atoms with Gasteiger partial charge in [0.15, 0.2) is 0 Å². The summed E-state index contributed by atoms with van der Waals surface area (Å²) in [6.45, 7) is -0.0553. The lowest BCUT2D eigenvalue weighted by molar-refractivity contribution is 0.269. The number of nitrogens with two attached hydrogens (primary N) is 1. The van der Waals surface area contributed by atoms with E-state index in [1.165, 1.54) is 11.3 Å². The zero-order chi connectivity index (χ0) is 7.56. The molecule has 10 heavy (non-hydrogen) atoms. The van der Waals surface area contributed by atoms with Crippen LogP contribution < -0.4 is 5.73 Å². The summed E-state index contributed by atoms with van der Waals surface area (Å²) in [7, 11) is 0. The summed E-state index contributed by atoms with van der Waals surface area (Å²) < 4.78 is 0. The number of rotatable bonds is 2. The summed E-state index contributed by atoms with van der Waals surface area (Å²) in [5.74, 6) is 0. The Balaban J connectivity index is 2.82. The van der Waals surface area contributed by atoms with Crippen molar-refractivity contribution in [1.29, 1.82) is 0 Å². The standard InChI is InChI=1S/C6H8ClNOS/c7-4-1-2-10-6(4)5(8)3-9/h1-2,5,9H,3,8H2/t5-/m1/s1. The van der Waals surface area contributed by atoms with Gasteiger partial charge in [-0.3, -0.25) is 0 Å². The second kappa shape index (κ2) is 3.34. The van der Waals surface area contributed by atoms with Gasteiger partial charge in [-0.05, 0) is 11.4 Å². The van der Waals surface area contributed by atoms with Crippen LogP contribution in [0, 0.1) is 0 Å². The molecule has 4 heteroatoms.